The van der Waals surface area contributed by atoms with E-state index in [1.54, 1.807) is 6.07 Å². The molecule has 0 bridgehead atoms. The maximum atomic E-state index is 12.9. The fourth-order valence-corrected chi connectivity index (χ4v) is 4.80. The molecule has 0 spiro atoms. The van der Waals surface area contributed by atoms with Crippen molar-refractivity contribution in [3.8, 4) is 17.2 Å². The number of amides is 1. The van der Waals surface area contributed by atoms with Gasteiger partial charge in [0.15, 0.2) is 10.7 Å². The van der Waals surface area contributed by atoms with Gasteiger partial charge in [0.25, 0.3) is 5.91 Å². The average Bonchev–Trinajstić information content (AvgIpc) is 3.27. The summed E-state index contributed by atoms with van der Waals surface area (Å²) in [4.78, 5) is 17.6. The molecular formula is C26H17BrIN3O3S. The first kappa shape index (κ1) is 23.7. The summed E-state index contributed by atoms with van der Waals surface area (Å²) < 4.78 is 13.4. The number of benzene rings is 4. The van der Waals surface area contributed by atoms with Crippen molar-refractivity contribution in [1.82, 2.24) is 10.3 Å². The number of aromatic nitrogens is 1. The summed E-state index contributed by atoms with van der Waals surface area (Å²) in [7, 11) is 1.54. The molecule has 174 valence electrons. The number of rotatable bonds is 4. The van der Waals surface area contributed by atoms with Gasteiger partial charge in [-0.05, 0) is 110 Å². The van der Waals surface area contributed by atoms with Crippen molar-refractivity contribution in [1.29, 1.82) is 0 Å². The molecule has 6 nitrogen and oxygen atoms in total. The van der Waals surface area contributed by atoms with Crippen molar-refractivity contribution in [2.45, 2.75) is 0 Å². The van der Waals surface area contributed by atoms with Gasteiger partial charge in [-0.15, -0.1) is 0 Å². The van der Waals surface area contributed by atoms with Crippen LogP contribution in [0.2, 0.25) is 0 Å². The molecule has 1 amide bonds. The normalized spacial score (nSPS) is 10.9. The Labute approximate surface area is 228 Å². The number of nitrogens with one attached hydrogen (secondary N) is 2. The highest BCUT2D eigenvalue weighted by Gasteiger charge is 2.16. The monoisotopic (exact) mass is 657 g/mol. The quantitative estimate of drug-likeness (QED) is 0.158. The Hall–Kier alpha value is -3.02. The van der Waals surface area contributed by atoms with E-state index in [4.69, 9.17) is 21.4 Å². The van der Waals surface area contributed by atoms with E-state index >= 15 is 0 Å². The van der Waals surface area contributed by atoms with Crippen LogP contribution in [0.1, 0.15) is 10.4 Å². The molecule has 0 aliphatic carbocycles. The molecule has 0 fully saturated rings. The zero-order chi connectivity index (χ0) is 24.5. The Morgan fingerprint density at radius 1 is 1.06 bits per heavy atom. The van der Waals surface area contributed by atoms with Gasteiger partial charge in [0, 0.05) is 13.7 Å². The van der Waals surface area contributed by atoms with Gasteiger partial charge in [0.05, 0.1) is 18.2 Å². The zero-order valence-electron chi connectivity index (χ0n) is 18.3. The van der Waals surface area contributed by atoms with Gasteiger partial charge in [-0.3, -0.25) is 10.1 Å². The summed E-state index contributed by atoms with van der Waals surface area (Å²) in [6, 6.07) is 22.8. The summed E-state index contributed by atoms with van der Waals surface area (Å²) >= 11 is 11.2. The van der Waals surface area contributed by atoms with Gasteiger partial charge in [-0.1, -0.05) is 24.3 Å². The van der Waals surface area contributed by atoms with E-state index in [1.165, 1.54) is 7.11 Å². The van der Waals surface area contributed by atoms with Crippen molar-refractivity contribution >= 4 is 89.3 Å². The van der Waals surface area contributed by atoms with Crippen molar-refractivity contribution in [2.24, 2.45) is 0 Å². The predicted octanol–water partition coefficient (Wildman–Crippen LogP) is 7.15. The highest BCUT2D eigenvalue weighted by Crippen LogP contribution is 2.32. The molecule has 0 saturated carbocycles. The van der Waals surface area contributed by atoms with Crippen molar-refractivity contribution < 1.29 is 13.9 Å². The van der Waals surface area contributed by atoms with Crippen LogP contribution in [-0.4, -0.2) is 23.1 Å². The number of carbonyl (C=O) groups is 1. The molecule has 5 rings (SSSR count). The second-order valence-electron chi connectivity index (χ2n) is 7.63. The molecule has 0 unspecified atom stereocenters. The number of hydrogen-bond donors (Lipinski definition) is 2. The van der Waals surface area contributed by atoms with Gasteiger partial charge in [-0.2, -0.15) is 0 Å². The molecule has 0 aliphatic rings. The maximum Gasteiger partial charge on any atom is 0.261 e. The number of nitrogens with zero attached hydrogens (tertiary/aromatic N) is 1. The molecule has 1 aromatic heterocycles. The Balaban J connectivity index is 1.35. The van der Waals surface area contributed by atoms with Crippen LogP contribution in [-0.2, 0) is 0 Å². The first-order valence-corrected chi connectivity index (χ1v) is 12.7. The van der Waals surface area contributed by atoms with E-state index in [2.05, 4.69) is 54.1 Å². The molecule has 0 atom stereocenters. The molecule has 4 aromatic carbocycles. The summed E-state index contributed by atoms with van der Waals surface area (Å²) in [6.07, 6.45) is 0. The molecule has 0 radical (unpaired) electrons. The predicted molar refractivity (Wildman–Crippen MR) is 154 cm³/mol. The highest BCUT2D eigenvalue weighted by atomic mass is 127. The van der Waals surface area contributed by atoms with Crippen LogP contribution in [0.5, 0.6) is 5.75 Å². The number of ether oxygens (including phenoxy) is 1. The van der Waals surface area contributed by atoms with Gasteiger partial charge >= 0.3 is 0 Å². The minimum atomic E-state index is -0.363. The van der Waals surface area contributed by atoms with E-state index in [0.29, 0.717) is 34.0 Å². The third-order valence-corrected chi connectivity index (χ3v) is 6.91. The molecule has 35 heavy (non-hydrogen) atoms. The Kier molecular flexibility index (Phi) is 6.72. The first-order valence-electron chi connectivity index (χ1n) is 10.5. The van der Waals surface area contributed by atoms with Crippen LogP contribution in [0, 0.1) is 3.57 Å². The van der Waals surface area contributed by atoms with Crippen molar-refractivity contribution in [3.05, 3.63) is 86.4 Å². The van der Waals surface area contributed by atoms with Gasteiger partial charge < -0.3 is 14.5 Å². The molecule has 0 saturated heterocycles. The lowest BCUT2D eigenvalue weighted by atomic mass is 10.1. The van der Waals surface area contributed by atoms with E-state index in [-0.39, 0.29) is 11.0 Å². The zero-order valence-corrected chi connectivity index (χ0v) is 22.8. The van der Waals surface area contributed by atoms with E-state index in [9.17, 15) is 4.79 Å². The van der Waals surface area contributed by atoms with Crippen LogP contribution in [0.25, 0.3) is 33.3 Å². The lowest BCUT2D eigenvalue weighted by Gasteiger charge is -2.12. The molecule has 0 aliphatic heterocycles. The number of anilines is 1. The lowest BCUT2D eigenvalue weighted by Crippen LogP contribution is -2.34. The topological polar surface area (TPSA) is 76.4 Å². The fourth-order valence-electron chi connectivity index (χ4n) is 3.68. The van der Waals surface area contributed by atoms with Crippen LogP contribution < -0.4 is 15.4 Å². The maximum absolute atomic E-state index is 12.9. The molecule has 2 N–H and O–H groups in total. The molecule has 1 heterocycles. The summed E-state index contributed by atoms with van der Waals surface area (Å²) in [5.41, 5.74) is 3.26. The summed E-state index contributed by atoms with van der Waals surface area (Å²) in [5.74, 6) is 0.627. The van der Waals surface area contributed by atoms with Crippen LogP contribution in [0.4, 0.5) is 5.69 Å². The minimum Gasteiger partial charge on any atom is -0.496 e. The number of thiocarbonyl (C=S) groups is 1. The van der Waals surface area contributed by atoms with E-state index in [0.717, 1.165) is 24.4 Å². The van der Waals surface area contributed by atoms with E-state index < -0.39 is 0 Å². The Bertz CT molecular complexity index is 1620. The smallest absolute Gasteiger partial charge is 0.261 e. The average molecular weight is 658 g/mol. The van der Waals surface area contributed by atoms with Gasteiger partial charge in [0.1, 0.15) is 11.3 Å². The molecule has 5 aromatic rings. The second kappa shape index (κ2) is 9.92. The number of fused-ring (bicyclic) bond motifs is 2. The lowest BCUT2D eigenvalue weighted by molar-refractivity contribution is 0.0975. The third-order valence-electron chi connectivity index (χ3n) is 5.34. The van der Waals surface area contributed by atoms with Crippen LogP contribution in [0.3, 0.4) is 0 Å². The Morgan fingerprint density at radius 3 is 2.60 bits per heavy atom. The molecule has 9 heteroatoms. The number of carbonyl (C=O) groups excluding carboxylic acids is 1. The molecular weight excluding hydrogens is 641 g/mol. The van der Waals surface area contributed by atoms with Crippen LogP contribution in [0.15, 0.2) is 81.7 Å². The van der Waals surface area contributed by atoms with Crippen molar-refractivity contribution in [2.75, 3.05) is 12.4 Å². The largest absolute Gasteiger partial charge is 0.496 e. The third kappa shape index (κ3) is 5.02. The first-order chi connectivity index (χ1) is 16.9. The van der Waals surface area contributed by atoms with Gasteiger partial charge in [0.2, 0.25) is 5.89 Å². The SMILES string of the molecule is COc1cc2ccccc2cc1C(=O)NC(=S)Nc1ccc2oc(-c3cc(I)ccc3Br)nc2c1. The number of hydrogen-bond acceptors (Lipinski definition) is 5. The number of halogens is 2. The van der Waals surface area contributed by atoms with Gasteiger partial charge in [-0.25, -0.2) is 4.98 Å². The number of methoxy groups -OCH3 is 1. The summed E-state index contributed by atoms with van der Waals surface area (Å²) in [5, 5.41) is 7.85. The second-order valence-corrected chi connectivity index (χ2v) is 10.1. The van der Waals surface area contributed by atoms with Crippen molar-refractivity contribution in [3.63, 3.8) is 0 Å². The number of oxazole rings is 1. The van der Waals surface area contributed by atoms with Crippen LogP contribution >= 0.6 is 50.7 Å². The minimum absolute atomic E-state index is 0.161. The fraction of sp³-hybridized carbons (Fsp3) is 0.0385. The standard InChI is InChI=1S/C26H17BrIN3O3S/c1-33-23-11-15-5-3-2-4-14(15)10-19(23)24(32)31-26(35)29-17-7-9-22-21(13-17)30-25(34-22)18-12-16(28)6-8-20(18)27/h2-13H,1H3,(H2,29,31,32,35). The Morgan fingerprint density at radius 2 is 1.83 bits per heavy atom. The van der Waals surface area contributed by atoms with E-state index in [1.807, 2.05) is 66.7 Å². The highest BCUT2D eigenvalue weighted by molar-refractivity contribution is 14.1. The summed E-state index contributed by atoms with van der Waals surface area (Å²) in [6.45, 7) is 0.